The number of benzene rings is 3. The van der Waals surface area contributed by atoms with E-state index in [4.69, 9.17) is 5.10 Å². The highest BCUT2D eigenvalue weighted by Crippen LogP contribution is 2.35. The van der Waals surface area contributed by atoms with Gasteiger partial charge in [-0.1, -0.05) is 35.6 Å². The van der Waals surface area contributed by atoms with Crippen LogP contribution in [0.25, 0.3) is 42.5 Å². The molecule has 1 amide bonds. The molecule has 3 N–H and O–H groups in total. The van der Waals surface area contributed by atoms with E-state index in [1.165, 1.54) is 58.9 Å². The summed E-state index contributed by atoms with van der Waals surface area (Å²) in [6.45, 7) is 10.5. The number of hydrogen-bond donors (Lipinski definition) is 3. The summed E-state index contributed by atoms with van der Waals surface area (Å²) in [5.74, 6) is -0.230. The molecule has 13 heteroatoms. The standard InChI is InChI=1S/C41H40N8OS4/c1-3-48-35-12-7-27(19-32(35)31-10-8-28(20-36(31)48)37-18-26(2)25-52-37)23-42-13-16-47-14-5-15-49-30(24-47)22-34(45-49)40(50)44-41-43-33-11-9-29(21-38(33)53-41)46-54-39-6-4-17-51-39/h4,6-12,17-22,25,42,46H,3,5,13-16,23-24H2,1-2H3,(H,43,44,50). The fraction of sp³-hybridized carbons (Fsp3) is 0.244. The second-order valence-corrected chi connectivity index (χ2v) is 17.7. The summed E-state index contributed by atoms with van der Waals surface area (Å²) in [6.07, 6.45) is 0.987. The summed E-state index contributed by atoms with van der Waals surface area (Å²) in [4.78, 5) is 21.7. The molecule has 0 unspecified atom stereocenters. The predicted octanol–water partition coefficient (Wildman–Crippen LogP) is 10.1. The van der Waals surface area contributed by atoms with Crippen LogP contribution >= 0.6 is 46.0 Å². The molecular weight excluding hydrogens is 749 g/mol. The lowest BCUT2D eigenvalue weighted by Crippen LogP contribution is -2.31. The lowest BCUT2D eigenvalue weighted by Gasteiger charge is -2.19. The van der Waals surface area contributed by atoms with Crippen LogP contribution in [0.4, 0.5) is 10.8 Å². The molecule has 8 aromatic rings. The van der Waals surface area contributed by atoms with Gasteiger partial charge in [0.25, 0.3) is 5.91 Å². The third kappa shape index (κ3) is 7.31. The highest BCUT2D eigenvalue weighted by atomic mass is 32.2. The summed E-state index contributed by atoms with van der Waals surface area (Å²) in [7, 11) is 0. The van der Waals surface area contributed by atoms with Gasteiger partial charge in [-0.3, -0.25) is 19.7 Å². The number of thiophene rings is 2. The first kappa shape index (κ1) is 35.2. The van der Waals surface area contributed by atoms with Gasteiger partial charge in [0.15, 0.2) is 10.8 Å². The molecule has 274 valence electrons. The quantitative estimate of drug-likeness (QED) is 0.0839. The molecule has 1 aliphatic rings. The number of nitrogens with one attached hydrogen (secondary N) is 3. The van der Waals surface area contributed by atoms with E-state index >= 15 is 0 Å². The number of aromatic nitrogens is 4. The van der Waals surface area contributed by atoms with E-state index in [-0.39, 0.29) is 5.91 Å². The highest BCUT2D eigenvalue weighted by Gasteiger charge is 2.21. The second kappa shape index (κ2) is 15.3. The van der Waals surface area contributed by atoms with Gasteiger partial charge < -0.3 is 14.6 Å². The first-order chi connectivity index (χ1) is 26.5. The molecule has 0 atom stereocenters. The van der Waals surface area contributed by atoms with Gasteiger partial charge in [0.2, 0.25) is 0 Å². The molecule has 0 aliphatic carbocycles. The van der Waals surface area contributed by atoms with E-state index in [9.17, 15) is 4.79 Å². The number of nitrogens with zero attached hydrogens (tertiary/aromatic N) is 5. The first-order valence-corrected chi connectivity index (χ1v) is 21.6. The normalized spacial score (nSPS) is 13.5. The van der Waals surface area contributed by atoms with Gasteiger partial charge in [0.1, 0.15) is 0 Å². The van der Waals surface area contributed by atoms with Crippen LogP contribution in [0.15, 0.2) is 93.8 Å². The summed E-state index contributed by atoms with van der Waals surface area (Å²) in [5.41, 5.74) is 9.82. The zero-order valence-corrected chi connectivity index (χ0v) is 33.4. The third-order valence-corrected chi connectivity index (χ3v) is 13.8. The number of rotatable bonds is 12. The molecule has 6 heterocycles. The van der Waals surface area contributed by atoms with E-state index in [1.807, 2.05) is 40.3 Å². The van der Waals surface area contributed by atoms with Crippen molar-refractivity contribution in [3.05, 3.63) is 112 Å². The summed E-state index contributed by atoms with van der Waals surface area (Å²) < 4.78 is 10.0. The first-order valence-electron chi connectivity index (χ1n) is 18.3. The molecular formula is C41H40N8OS4. The molecule has 0 spiro atoms. The number of aryl methyl sites for hydroxylation is 3. The highest BCUT2D eigenvalue weighted by molar-refractivity contribution is 8.02. The zero-order valence-electron chi connectivity index (χ0n) is 30.1. The monoisotopic (exact) mass is 788 g/mol. The largest absolute Gasteiger partial charge is 0.341 e. The third-order valence-electron chi connectivity index (χ3n) is 9.89. The maximum atomic E-state index is 13.3. The van der Waals surface area contributed by atoms with Crippen LogP contribution in [0.3, 0.4) is 0 Å². The molecule has 0 fully saturated rings. The van der Waals surface area contributed by atoms with Gasteiger partial charge in [-0.25, -0.2) is 4.98 Å². The minimum Gasteiger partial charge on any atom is -0.341 e. The number of carbonyl (C=O) groups is 1. The Kier molecular flexibility index (Phi) is 9.99. The van der Waals surface area contributed by atoms with Crippen LogP contribution in [0, 0.1) is 6.92 Å². The summed E-state index contributed by atoms with van der Waals surface area (Å²) >= 11 is 6.57. The Labute approximate surface area is 330 Å². The molecule has 9 nitrogen and oxygen atoms in total. The van der Waals surface area contributed by atoms with E-state index in [0.29, 0.717) is 10.8 Å². The Bertz CT molecular complexity index is 2600. The van der Waals surface area contributed by atoms with Crippen molar-refractivity contribution in [3.8, 4) is 10.4 Å². The van der Waals surface area contributed by atoms with Crippen LogP contribution in [0.1, 0.15) is 40.7 Å². The average Bonchev–Trinajstić information content (AvgIpc) is 4.02. The predicted molar refractivity (Wildman–Crippen MR) is 228 cm³/mol. The number of fused-ring (bicyclic) bond motifs is 5. The van der Waals surface area contributed by atoms with Gasteiger partial charge in [-0.05, 0) is 114 Å². The van der Waals surface area contributed by atoms with Gasteiger partial charge in [-0.15, -0.1) is 22.7 Å². The van der Waals surface area contributed by atoms with Gasteiger partial charge in [0.05, 0.1) is 20.1 Å². The lowest BCUT2D eigenvalue weighted by atomic mass is 10.1. The smallest absolute Gasteiger partial charge is 0.277 e. The molecule has 0 saturated heterocycles. The van der Waals surface area contributed by atoms with Crippen molar-refractivity contribution in [1.29, 1.82) is 0 Å². The van der Waals surface area contributed by atoms with Crippen molar-refractivity contribution >= 4 is 94.7 Å². The molecule has 3 aromatic carbocycles. The maximum Gasteiger partial charge on any atom is 0.277 e. The Morgan fingerprint density at radius 1 is 0.963 bits per heavy atom. The molecule has 9 rings (SSSR count). The molecule has 0 radical (unpaired) electrons. The fourth-order valence-electron chi connectivity index (χ4n) is 7.27. The fourth-order valence-corrected chi connectivity index (χ4v) is 10.5. The van der Waals surface area contributed by atoms with Crippen molar-refractivity contribution in [2.24, 2.45) is 0 Å². The van der Waals surface area contributed by atoms with Crippen LogP contribution in [0.2, 0.25) is 0 Å². The van der Waals surface area contributed by atoms with Crippen molar-refractivity contribution in [3.63, 3.8) is 0 Å². The van der Waals surface area contributed by atoms with Crippen LogP contribution < -0.4 is 15.4 Å². The Balaban J connectivity index is 0.804. The Hall–Kier alpha value is -4.50. The number of hydrogen-bond acceptors (Lipinski definition) is 10. The number of anilines is 2. The van der Waals surface area contributed by atoms with Crippen molar-refractivity contribution in [2.45, 2.75) is 50.7 Å². The summed E-state index contributed by atoms with van der Waals surface area (Å²) in [5, 5.41) is 18.9. The molecule has 1 aliphatic heterocycles. The molecule has 54 heavy (non-hydrogen) atoms. The number of carbonyl (C=O) groups excluding carboxylic acids is 1. The lowest BCUT2D eigenvalue weighted by molar-refractivity contribution is 0.102. The van der Waals surface area contributed by atoms with E-state index in [2.05, 4.69) is 109 Å². The molecule has 0 bridgehead atoms. The summed E-state index contributed by atoms with van der Waals surface area (Å²) in [6, 6.07) is 28.2. The van der Waals surface area contributed by atoms with Crippen molar-refractivity contribution < 1.29 is 4.79 Å². The SMILES string of the molecule is CCn1c2ccc(CNCCN3CCCn4nc(C(=O)Nc5nc6ccc(NSc7cccs7)cc6s5)cc4C3)cc2c2ccc(-c3cc(C)cs3)cc21. The van der Waals surface area contributed by atoms with Crippen LogP contribution in [0.5, 0.6) is 0 Å². The minimum atomic E-state index is -0.230. The minimum absolute atomic E-state index is 0.230. The zero-order chi connectivity index (χ0) is 36.6. The average molecular weight is 789 g/mol. The molecule has 0 saturated carbocycles. The van der Waals surface area contributed by atoms with Crippen LogP contribution in [-0.4, -0.2) is 49.8 Å². The topological polar surface area (TPSA) is 92.0 Å². The second-order valence-electron chi connectivity index (χ2n) is 13.7. The van der Waals surface area contributed by atoms with E-state index < -0.39 is 0 Å². The van der Waals surface area contributed by atoms with Crippen LogP contribution in [-0.2, 0) is 26.2 Å². The van der Waals surface area contributed by atoms with Crippen molar-refractivity contribution in [1.82, 2.24) is 29.5 Å². The van der Waals surface area contributed by atoms with E-state index in [0.717, 1.165) is 73.8 Å². The molecule has 5 aromatic heterocycles. The number of amides is 1. The van der Waals surface area contributed by atoms with Gasteiger partial charge in [-0.2, -0.15) is 5.10 Å². The Morgan fingerprint density at radius 3 is 2.76 bits per heavy atom. The maximum absolute atomic E-state index is 13.3. The van der Waals surface area contributed by atoms with Gasteiger partial charge >= 0.3 is 0 Å². The van der Waals surface area contributed by atoms with Crippen molar-refractivity contribution in [2.75, 3.05) is 29.7 Å². The van der Waals surface area contributed by atoms with E-state index in [1.54, 1.807) is 23.3 Å². The van der Waals surface area contributed by atoms with Gasteiger partial charge in [0, 0.05) is 78.2 Å². The number of thiazole rings is 1. The Morgan fingerprint density at radius 2 is 1.91 bits per heavy atom.